The molecular formula is C16H24BrFN4O3S. The van der Waals surface area contributed by atoms with Crippen LogP contribution in [-0.2, 0) is 15.0 Å². The predicted molar refractivity (Wildman–Crippen MR) is 103 cm³/mol. The van der Waals surface area contributed by atoms with Crippen molar-refractivity contribution in [2.24, 2.45) is 0 Å². The molecule has 1 amide bonds. The fraction of sp³-hybridized carbons (Fsp3) is 0.562. The number of amides is 1. The molecule has 2 rings (SSSR count). The quantitative estimate of drug-likeness (QED) is 0.686. The van der Waals surface area contributed by atoms with Gasteiger partial charge in [-0.15, -0.1) is 0 Å². The molecule has 26 heavy (non-hydrogen) atoms. The fourth-order valence-corrected chi connectivity index (χ4v) is 4.75. The summed E-state index contributed by atoms with van der Waals surface area (Å²) in [5.41, 5.74) is 0.126. The van der Waals surface area contributed by atoms with Gasteiger partial charge in [-0.25, -0.2) is 4.39 Å². The first kappa shape index (κ1) is 21.2. The van der Waals surface area contributed by atoms with Crippen LogP contribution in [0.1, 0.15) is 13.8 Å². The van der Waals surface area contributed by atoms with Crippen molar-refractivity contribution >= 4 is 37.7 Å². The van der Waals surface area contributed by atoms with Crippen LogP contribution in [-0.4, -0.2) is 73.6 Å². The average molecular weight is 451 g/mol. The van der Waals surface area contributed by atoms with Crippen LogP contribution in [0.4, 0.5) is 10.1 Å². The Morgan fingerprint density at radius 2 is 1.85 bits per heavy atom. The number of nitrogens with zero attached hydrogens (tertiary/aromatic N) is 3. The van der Waals surface area contributed by atoms with E-state index in [0.717, 1.165) is 0 Å². The number of hydrogen-bond donors (Lipinski definition) is 1. The number of halogens is 2. The molecule has 0 atom stereocenters. The largest absolute Gasteiger partial charge is 0.322 e. The Balaban J connectivity index is 1.87. The summed E-state index contributed by atoms with van der Waals surface area (Å²) < 4.78 is 42.2. The van der Waals surface area contributed by atoms with Crippen LogP contribution >= 0.6 is 15.9 Å². The van der Waals surface area contributed by atoms with Gasteiger partial charge in [0.1, 0.15) is 5.82 Å². The molecule has 0 spiro atoms. The van der Waals surface area contributed by atoms with Gasteiger partial charge in [0, 0.05) is 43.7 Å². The van der Waals surface area contributed by atoms with E-state index in [1.54, 1.807) is 6.07 Å². The molecule has 0 saturated carbocycles. The lowest BCUT2D eigenvalue weighted by atomic mass is 10.3. The van der Waals surface area contributed by atoms with Crippen LogP contribution in [0, 0.1) is 5.82 Å². The zero-order valence-corrected chi connectivity index (χ0v) is 17.3. The molecule has 1 aliphatic heterocycles. The summed E-state index contributed by atoms with van der Waals surface area (Å²) in [6.45, 7) is 6.14. The lowest BCUT2D eigenvalue weighted by molar-refractivity contribution is -0.117. The molecule has 0 radical (unpaired) electrons. The van der Waals surface area contributed by atoms with Gasteiger partial charge in [0.15, 0.2) is 0 Å². The van der Waals surface area contributed by atoms with Gasteiger partial charge in [0.25, 0.3) is 10.2 Å². The van der Waals surface area contributed by atoms with Gasteiger partial charge in [-0.3, -0.25) is 9.69 Å². The number of carbonyl (C=O) groups excluding carboxylic acids is 1. The highest BCUT2D eigenvalue weighted by molar-refractivity contribution is 9.10. The van der Waals surface area contributed by atoms with Crippen LogP contribution in [0.25, 0.3) is 0 Å². The number of benzene rings is 1. The van der Waals surface area contributed by atoms with Gasteiger partial charge < -0.3 is 5.32 Å². The first-order chi connectivity index (χ1) is 12.3. The fourth-order valence-electron chi connectivity index (χ4n) is 2.82. The molecule has 0 aliphatic carbocycles. The van der Waals surface area contributed by atoms with Crippen molar-refractivity contribution < 1.29 is 17.6 Å². The maximum atomic E-state index is 13.8. The molecule has 1 N–H and O–H groups in total. The van der Waals surface area contributed by atoms with Crippen LogP contribution in [0.5, 0.6) is 0 Å². The molecule has 1 saturated heterocycles. The second-order valence-corrected chi connectivity index (χ2v) is 8.78. The maximum absolute atomic E-state index is 13.8. The molecule has 1 aliphatic rings. The van der Waals surface area contributed by atoms with Crippen molar-refractivity contribution in [3.63, 3.8) is 0 Å². The molecule has 0 bridgehead atoms. The van der Waals surface area contributed by atoms with E-state index >= 15 is 0 Å². The summed E-state index contributed by atoms with van der Waals surface area (Å²) in [5.74, 6) is -0.839. The first-order valence-electron chi connectivity index (χ1n) is 8.50. The van der Waals surface area contributed by atoms with Crippen molar-refractivity contribution in [3.8, 4) is 0 Å². The molecule has 1 aromatic rings. The molecule has 1 fully saturated rings. The number of rotatable bonds is 7. The molecule has 0 aromatic heterocycles. The zero-order valence-electron chi connectivity index (χ0n) is 14.9. The third-order valence-corrected chi connectivity index (χ3v) is 6.94. The van der Waals surface area contributed by atoms with E-state index in [1.807, 2.05) is 18.7 Å². The van der Waals surface area contributed by atoms with E-state index in [4.69, 9.17) is 0 Å². The Morgan fingerprint density at radius 1 is 1.23 bits per heavy atom. The van der Waals surface area contributed by atoms with Crippen molar-refractivity contribution in [3.05, 3.63) is 28.5 Å². The average Bonchev–Trinajstić information content (AvgIpc) is 2.59. The zero-order chi connectivity index (χ0) is 19.3. The lowest BCUT2D eigenvalue weighted by Gasteiger charge is -2.35. The summed E-state index contributed by atoms with van der Waals surface area (Å²) in [5, 5.41) is 2.55. The lowest BCUT2D eigenvalue weighted by Crippen LogP contribution is -2.54. The number of anilines is 1. The highest BCUT2D eigenvalue weighted by Gasteiger charge is 2.31. The second kappa shape index (κ2) is 9.23. The van der Waals surface area contributed by atoms with Crippen LogP contribution in [0.2, 0.25) is 0 Å². The molecule has 1 heterocycles. The Bertz CT molecular complexity index is 735. The number of carbonyl (C=O) groups is 1. The summed E-state index contributed by atoms with van der Waals surface area (Å²) in [6, 6.07) is 4.42. The van der Waals surface area contributed by atoms with Gasteiger partial charge in [0.2, 0.25) is 5.91 Å². The van der Waals surface area contributed by atoms with E-state index in [2.05, 4.69) is 21.2 Å². The minimum atomic E-state index is -3.45. The Hall–Kier alpha value is -1.07. The third kappa shape index (κ3) is 5.23. The van der Waals surface area contributed by atoms with Gasteiger partial charge in [0.05, 0.1) is 12.2 Å². The standard InChI is InChI=1S/C16H24BrFN4O3S/c1-3-21(4-2)26(24,25)22-9-7-20(8-10-22)12-16(23)19-15-6-5-13(17)11-14(15)18/h5-6,11H,3-4,7-10,12H2,1-2H3,(H,19,23). The van der Waals surface area contributed by atoms with Crippen LogP contribution < -0.4 is 5.32 Å². The van der Waals surface area contributed by atoms with E-state index in [1.165, 1.54) is 20.7 Å². The van der Waals surface area contributed by atoms with Crippen LogP contribution in [0.3, 0.4) is 0 Å². The maximum Gasteiger partial charge on any atom is 0.282 e. The Labute approximate surface area is 162 Å². The third-order valence-electron chi connectivity index (χ3n) is 4.26. The monoisotopic (exact) mass is 450 g/mol. The van der Waals surface area contributed by atoms with E-state index in [9.17, 15) is 17.6 Å². The predicted octanol–water partition coefficient (Wildman–Crippen LogP) is 1.73. The number of piperazine rings is 1. The van der Waals surface area contributed by atoms with E-state index in [-0.39, 0.29) is 18.1 Å². The van der Waals surface area contributed by atoms with Gasteiger partial charge in [-0.05, 0) is 18.2 Å². The molecule has 146 valence electrons. The van der Waals surface area contributed by atoms with Crippen LogP contribution in [0.15, 0.2) is 22.7 Å². The van der Waals surface area contributed by atoms with E-state index in [0.29, 0.717) is 43.7 Å². The molecule has 1 aromatic carbocycles. The second-order valence-electron chi connectivity index (χ2n) is 5.94. The summed E-state index contributed by atoms with van der Waals surface area (Å²) in [6.07, 6.45) is 0. The highest BCUT2D eigenvalue weighted by atomic mass is 79.9. The van der Waals surface area contributed by atoms with Crippen molar-refractivity contribution in [2.45, 2.75) is 13.8 Å². The molecule has 0 unspecified atom stereocenters. The highest BCUT2D eigenvalue weighted by Crippen LogP contribution is 2.19. The SMILES string of the molecule is CCN(CC)S(=O)(=O)N1CCN(CC(=O)Nc2ccc(Br)cc2F)CC1. The summed E-state index contributed by atoms with van der Waals surface area (Å²) >= 11 is 3.17. The van der Waals surface area contributed by atoms with Gasteiger partial charge >= 0.3 is 0 Å². The van der Waals surface area contributed by atoms with Gasteiger partial charge in [-0.1, -0.05) is 29.8 Å². The minimum absolute atomic E-state index is 0.0919. The molecule has 10 heteroatoms. The van der Waals surface area contributed by atoms with E-state index < -0.39 is 16.0 Å². The first-order valence-corrected chi connectivity index (χ1v) is 10.7. The van der Waals surface area contributed by atoms with Gasteiger partial charge in [-0.2, -0.15) is 17.0 Å². The Morgan fingerprint density at radius 3 is 2.38 bits per heavy atom. The number of nitrogens with one attached hydrogen (secondary N) is 1. The minimum Gasteiger partial charge on any atom is -0.322 e. The van der Waals surface area contributed by atoms with Crippen molar-refractivity contribution in [2.75, 3.05) is 51.1 Å². The molecule has 7 nitrogen and oxygen atoms in total. The Kier molecular flexibility index (Phi) is 7.53. The topological polar surface area (TPSA) is 73.0 Å². The molecular weight excluding hydrogens is 427 g/mol. The normalized spacial score (nSPS) is 16.8. The number of hydrogen-bond acceptors (Lipinski definition) is 4. The smallest absolute Gasteiger partial charge is 0.282 e. The summed E-state index contributed by atoms with van der Waals surface area (Å²) in [7, 11) is -3.45. The summed E-state index contributed by atoms with van der Waals surface area (Å²) in [4.78, 5) is 14.0. The van der Waals surface area contributed by atoms with Crippen molar-refractivity contribution in [1.82, 2.24) is 13.5 Å². The van der Waals surface area contributed by atoms with Crippen molar-refractivity contribution in [1.29, 1.82) is 0 Å².